The van der Waals surface area contributed by atoms with Gasteiger partial charge in [-0.15, -0.1) is 11.3 Å². The van der Waals surface area contributed by atoms with E-state index >= 15 is 0 Å². The predicted molar refractivity (Wildman–Crippen MR) is 71.7 cm³/mol. The number of halogens is 2. The molecule has 2 heterocycles. The van der Waals surface area contributed by atoms with Gasteiger partial charge < -0.3 is 11.1 Å². The van der Waals surface area contributed by atoms with Gasteiger partial charge in [-0.1, -0.05) is 0 Å². The Kier molecular flexibility index (Phi) is 4.35. The van der Waals surface area contributed by atoms with Crippen molar-refractivity contribution in [3.63, 3.8) is 0 Å². The molecular weight excluding hydrogens is 286 g/mol. The standard InChI is InChI=1S/C12H12F2N4OS/c13-12(14,6-15)7-18-10(19)9-5-17-11(20-9)8-1-3-16-4-2-8/h1-5H,6-7,15H2,(H,18,19). The zero-order chi connectivity index (χ0) is 14.6. The fourth-order valence-electron chi connectivity index (χ4n) is 1.38. The predicted octanol–water partition coefficient (Wildman–Crippen LogP) is 1.53. The maximum absolute atomic E-state index is 12.9. The molecule has 0 aliphatic carbocycles. The van der Waals surface area contributed by atoms with Gasteiger partial charge in [-0.2, -0.15) is 0 Å². The molecule has 0 aliphatic heterocycles. The van der Waals surface area contributed by atoms with Crippen molar-refractivity contribution in [2.24, 2.45) is 5.73 Å². The molecule has 0 radical (unpaired) electrons. The van der Waals surface area contributed by atoms with E-state index in [9.17, 15) is 13.6 Å². The highest BCUT2D eigenvalue weighted by Gasteiger charge is 2.27. The molecule has 3 N–H and O–H groups in total. The van der Waals surface area contributed by atoms with Crippen molar-refractivity contribution in [3.8, 4) is 10.6 Å². The van der Waals surface area contributed by atoms with Gasteiger partial charge in [-0.25, -0.2) is 13.8 Å². The van der Waals surface area contributed by atoms with Gasteiger partial charge >= 0.3 is 0 Å². The number of aromatic nitrogens is 2. The minimum Gasteiger partial charge on any atom is -0.345 e. The summed E-state index contributed by atoms with van der Waals surface area (Å²) in [5.74, 6) is -3.69. The Morgan fingerprint density at radius 3 is 2.75 bits per heavy atom. The van der Waals surface area contributed by atoms with Crippen LogP contribution in [0.15, 0.2) is 30.7 Å². The number of hydrogen-bond acceptors (Lipinski definition) is 5. The average Bonchev–Trinajstić information content (AvgIpc) is 2.96. The molecule has 8 heteroatoms. The number of nitrogens with one attached hydrogen (secondary N) is 1. The second-order valence-electron chi connectivity index (χ2n) is 4.01. The molecule has 2 aromatic rings. The number of nitrogens with two attached hydrogens (primary N) is 1. The summed E-state index contributed by atoms with van der Waals surface area (Å²) in [6, 6.07) is 3.51. The smallest absolute Gasteiger partial charge is 0.277 e. The topological polar surface area (TPSA) is 80.9 Å². The molecule has 2 rings (SSSR count). The number of thiazole rings is 1. The Balaban J connectivity index is 2.04. The van der Waals surface area contributed by atoms with Gasteiger partial charge in [0.1, 0.15) is 9.88 Å². The van der Waals surface area contributed by atoms with E-state index in [1.54, 1.807) is 24.5 Å². The highest BCUT2D eigenvalue weighted by molar-refractivity contribution is 7.16. The molecule has 0 saturated heterocycles. The van der Waals surface area contributed by atoms with Crippen molar-refractivity contribution in [1.82, 2.24) is 15.3 Å². The van der Waals surface area contributed by atoms with Crippen LogP contribution in [0.3, 0.4) is 0 Å². The first-order valence-electron chi connectivity index (χ1n) is 5.74. The molecule has 0 aromatic carbocycles. The molecule has 0 unspecified atom stereocenters. The highest BCUT2D eigenvalue weighted by Crippen LogP contribution is 2.24. The number of amides is 1. The molecule has 0 atom stereocenters. The van der Waals surface area contributed by atoms with Crippen LogP contribution in [0.2, 0.25) is 0 Å². The maximum Gasteiger partial charge on any atom is 0.277 e. The number of rotatable bonds is 5. The highest BCUT2D eigenvalue weighted by atomic mass is 32.1. The van der Waals surface area contributed by atoms with Gasteiger partial charge in [0.2, 0.25) is 0 Å². The minimum atomic E-state index is -3.10. The van der Waals surface area contributed by atoms with Crippen molar-refractivity contribution in [2.75, 3.05) is 13.1 Å². The summed E-state index contributed by atoms with van der Waals surface area (Å²) in [5, 5.41) is 2.77. The summed E-state index contributed by atoms with van der Waals surface area (Å²) >= 11 is 1.13. The zero-order valence-corrected chi connectivity index (χ0v) is 11.2. The molecular formula is C12H12F2N4OS. The summed E-state index contributed by atoms with van der Waals surface area (Å²) in [4.78, 5) is 20.0. The third-order valence-corrected chi connectivity index (χ3v) is 3.51. The van der Waals surface area contributed by atoms with Crippen LogP contribution in [0.4, 0.5) is 8.78 Å². The SMILES string of the molecule is NCC(F)(F)CNC(=O)c1cnc(-c2ccncc2)s1. The second-order valence-corrected chi connectivity index (χ2v) is 5.04. The molecule has 106 valence electrons. The number of carbonyl (C=O) groups excluding carboxylic acids is 1. The summed E-state index contributed by atoms with van der Waals surface area (Å²) in [6.45, 7) is -1.59. The lowest BCUT2D eigenvalue weighted by molar-refractivity contribution is 0.0119. The second kappa shape index (κ2) is 6.02. The summed E-state index contributed by atoms with van der Waals surface area (Å²) in [5.41, 5.74) is 5.71. The molecule has 20 heavy (non-hydrogen) atoms. The quantitative estimate of drug-likeness (QED) is 0.877. The van der Waals surface area contributed by atoms with Crippen LogP contribution in [0.1, 0.15) is 9.67 Å². The molecule has 1 amide bonds. The first kappa shape index (κ1) is 14.5. The van der Waals surface area contributed by atoms with Gasteiger partial charge in [-0.05, 0) is 12.1 Å². The minimum absolute atomic E-state index is 0.268. The largest absolute Gasteiger partial charge is 0.345 e. The normalized spacial score (nSPS) is 11.3. The Bertz CT molecular complexity index is 588. The van der Waals surface area contributed by atoms with Crippen molar-refractivity contribution < 1.29 is 13.6 Å². The number of carbonyl (C=O) groups is 1. The van der Waals surface area contributed by atoms with E-state index in [1.807, 2.05) is 0 Å². The number of alkyl halides is 2. The first-order valence-corrected chi connectivity index (χ1v) is 6.56. The Labute approximate surface area is 117 Å². The third kappa shape index (κ3) is 3.55. The maximum atomic E-state index is 12.9. The van der Waals surface area contributed by atoms with Crippen molar-refractivity contribution in [2.45, 2.75) is 5.92 Å². The van der Waals surface area contributed by atoms with Gasteiger partial charge in [0.15, 0.2) is 0 Å². The number of pyridine rings is 1. The van der Waals surface area contributed by atoms with E-state index in [2.05, 4.69) is 15.3 Å². The Morgan fingerprint density at radius 1 is 1.40 bits per heavy atom. The van der Waals surface area contributed by atoms with E-state index in [0.29, 0.717) is 5.01 Å². The summed E-state index contributed by atoms with van der Waals surface area (Å²) in [7, 11) is 0. The molecule has 2 aromatic heterocycles. The summed E-state index contributed by atoms with van der Waals surface area (Å²) < 4.78 is 25.9. The van der Waals surface area contributed by atoms with Crippen LogP contribution in [-0.2, 0) is 0 Å². The molecule has 0 spiro atoms. The zero-order valence-electron chi connectivity index (χ0n) is 10.3. The lowest BCUT2D eigenvalue weighted by Gasteiger charge is -2.13. The van der Waals surface area contributed by atoms with Crippen LogP contribution in [-0.4, -0.2) is 34.9 Å². The van der Waals surface area contributed by atoms with Crippen molar-refractivity contribution in [1.29, 1.82) is 0 Å². The van der Waals surface area contributed by atoms with Crippen LogP contribution >= 0.6 is 11.3 Å². The van der Waals surface area contributed by atoms with Crippen LogP contribution in [0.25, 0.3) is 10.6 Å². The van der Waals surface area contributed by atoms with Gasteiger partial charge in [-0.3, -0.25) is 9.78 Å². The van der Waals surface area contributed by atoms with Gasteiger partial charge in [0.25, 0.3) is 11.8 Å². The molecule has 5 nitrogen and oxygen atoms in total. The van der Waals surface area contributed by atoms with E-state index in [-0.39, 0.29) is 4.88 Å². The third-order valence-electron chi connectivity index (χ3n) is 2.46. The van der Waals surface area contributed by atoms with Crippen LogP contribution in [0.5, 0.6) is 0 Å². The van der Waals surface area contributed by atoms with E-state index in [4.69, 9.17) is 5.73 Å². The monoisotopic (exact) mass is 298 g/mol. The van der Waals surface area contributed by atoms with Gasteiger partial charge in [0.05, 0.1) is 19.3 Å². The average molecular weight is 298 g/mol. The number of nitrogens with zero attached hydrogens (tertiary/aromatic N) is 2. The number of hydrogen-bond donors (Lipinski definition) is 2. The molecule has 0 fully saturated rings. The fourth-order valence-corrected chi connectivity index (χ4v) is 2.21. The first-order chi connectivity index (χ1) is 9.52. The molecule has 0 bridgehead atoms. The molecule has 0 saturated carbocycles. The van der Waals surface area contributed by atoms with Crippen LogP contribution in [0, 0.1) is 0 Å². The lowest BCUT2D eigenvalue weighted by Crippen LogP contribution is -2.41. The lowest BCUT2D eigenvalue weighted by atomic mass is 10.3. The van der Waals surface area contributed by atoms with E-state index in [0.717, 1.165) is 16.9 Å². The van der Waals surface area contributed by atoms with Crippen LogP contribution < -0.4 is 11.1 Å². The fraction of sp³-hybridized carbons (Fsp3) is 0.250. The molecule has 0 aliphatic rings. The van der Waals surface area contributed by atoms with Crippen molar-refractivity contribution >= 4 is 17.2 Å². The Hall–Kier alpha value is -1.93. The van der Waals surface area contributed by atoms with Crippen molar-refractivity contribution in [3.05, 3.63) is 35.6 Å². The Morgan fingerprint density at radius 2 is 2.10 bits per heavy atom. The van der Waals surface area contributed by atoms with E-state index in [1.165, 1.54) is 6.20 Å². The van der Waals surface area contributed by atoms with Gasteiger partial charge in [0, 0.05) is 18.0 Å². The van der Waals surface area contributed by atoms with E-state index < -0.39 is 24.9 Å². The summed E-state index contributed by atoms with van der Waals surface area (Å²) in [6.07, 6.45) is 4.58.